The van der Waals surface area contributed by atoms with Gasteiger partial charge in [-0.3, -0.25) is 0 Å². The number of hydrogen-bond donors (Lipinski definition) is 3. The Hall–Kier alpha value is -1.48. The van der Waals surface area contributed by atoms with Crippen molar-refractivity contribution in [3.05, 3.63) is 33.2 Å². The van der Waals surface area contributed by atoms with Crippen LogP contribution < -0.4 is 10.5 Å². The number of sulfonamides is 1. The second-order valence-corrected chi connectivity index (χ2v) is 12.2. The molecule has 1 aromatic carbocycles. The highest BCUT2D eigenvalue weighted by Crippen LogP contribution is 2.39. The predicted molar refractivity (Wildman–Crippen MR) is 131 cm³/mol. The molecule has 1 fully saturated rings. The van der Waals surface area contributed by atoms with Crippen LogP contribution in [0.2, 0.25) is 0 Å². The average molecular weight is 586 g/mol. The van der Waals surface area contributed by atoms with Crippen LogP contribution in [0.5, 0.6) is 0 Å². The fraction of sp³-hybridized carbons (Fsp3) is 0.450. The van der Waals surface area contributed by atoms with Gasteiger partial charge in [0.2, 0.25) is 10.0 Å². The van der Waals surface area contributed by atoms with E-state index in [2.05, 4.69) is 48.3 Å². The number of nitrogens with zero attached hydrogens (tertiary/aromatic N) is 4. The van der Waals surface area contributed by atoms with Crippen LogP contribution in [0.25, 0.3) is 11.2 Å². The van der Waals surface area contributed by atoms with E-state index in [0.717, 1.165) is 39.7 Å². The summed E-state index contributed by atoms with van der Waals surface area (Å²) in [6.45, 7) is 0.436. The lowest BCUT2D eigenvalue weighted by molar-refractivity contribution is 0.180. The molecule has 0 spiro atoms. The van der Waals surface area contributed by atoms with Crippen LogP contribution >= 0.6 is 34.4 Å². The molecule has 5 rings (SSSR count). The van der Waals surface area contributed by atoms with Crippen molar-refractivity contribution in [3.8, 4) is 0 Å². The number of anilines is 1. The Kier molecular flexibility index (Phi) is 6.07. The summed E-state index contributed by atoms with van der Waals surface area (Å²) < 4.78 is 30.3. The van der Waals surface area contributed by atoms with Gasteiger partial charge in [0.1, 0.15) is 6.33 Å². The smallest absolute Gasteiger partial charge is 0.211 e. The average Bonchev–Trinajstić information content (AvgIpc) is 3.37. The lowest BCUT2D eigenvalue weighted by Crippen LogP contribution is -2.28. The van der Waals surface area contributed by atoms with Crippen LogP contribution in [0.3, 0.4) is 0 Å². The third kappa shape index (κ3) is 4.60. The summed E-state index contributed by atoms with van der Waals surface area (Å²) in [5, 5.41) is 11.0. The van der Waals surface area contributed by atoms with Crippen LogP contribution in [-0.4, -0.2) is 44.8 Å². The zero-order valence-corrected chi connectivity index (χ0v) is 21.0. The number of benzene rings is 1. The second-order valence-electron chi connectivity index (χ2n) is 8.18. The van der Waals surface area contributed by atoms with Crippen molar-refractivity contribution >= 4 is 61.4 Å². The Bertz CT molecular complexity index is 1290. The third-order valence-electron chi connectivity index (χ3n) is 5.68. The van der Waals surface area contributed by atoms with Crippen LogP contribution in [0, 0.1) is 3.57 Å². The molecule has 170 valence electrons. The highest BCUT2D eigenvalue weighted by Gasteiger charge is 2.27. The van der Waals surface area contributed by atoms with Gasteiger partial charge in [-0.2, -0.15) is 0 Å². The van der Waals surface area contributed by atoms with Crippen LogP contribution in [0.1, 0.15) is 42.9 Å². The van der Waals surface area contributed by atoms with Gasteiger partial charge < -0.3 is 15.4 Å². The summed E-state index contributed by atoms with van der Waals surface area (Å²) in [4.78, 5) is 14.1. The largest absolute Gasteiger partial charge is 0.388 e. The molecule has 0 amide bonds. The molecule has 32 heavy (non-hydrogen) atoms. The van der Waals surface area contributed by atoms with Crippen molar-refractivity contribution < 1.29 is 13.5 Å². The van der Waals surface area contributed by atoms with Gasteiger partial charge in [0.05, 0.1) is 11.9 Å². The highest BCUT2D eigenvalue weighted by molar-refractivity contribution is 14.1. The van der Waals surface area contributed by atoms with Crippen molar-refractivity contribution in [2.45, 2.75) is 60.8 Å². The number of rotatable bonds is 8. The number of nitrogens with one attached hydrogen (secondary N) is 1. The van der Waals surface area contributed by atoms with Gasteiger partial charge in [-0.15, -0.1) is 0 Å². The molecule has 0 saturated heterocycles. The van der Waals surface area contributed by atoms with E-state index in [4.69, 9.17) is 5.73 Å². The van der Waals surface area contributed by atoms with E-state index in [1.54, 1.807) is 0 Å². The first-order chi connectivity index (χ1) is 15.3. The maximum Gasteiger partial charge on any atom is 0.211 e. The first-order valence-electron chi connectivity index (χ1n) is 10.5. The maximum atomic E-state index is 12.3. The Labute approximate surface area is 203 Å². The van der Waals surface area contributed by atoms with Gasteiger partial charge >= 0.3 is 0 Å². The first-order valence-corrected chi connectivity index (χ1v) is 14.0. The summed E-state index contributed by atoms with van der Waals surface area (Å²) in [5.74, 6) is 0.328. The molecule has 0 radical (unpaired) electrons. The lowest BCUT2D eigenvalue weighted by Gasteiger charge is -2.12. The number of aromatic nitrogens is 4. The fourth-order valence-electron chi connectivity index (χ4n) is 3.90. The molecule has 1 unspecified atom stereocenters. The van der Waals surface area contributed by atoms with Gasteiger partial charge in [-0.25, -0.2) is 28.1 Å². The van der Waals surface area contributed by atoms with Gasteiger partial charge in [-0.1, -0.05) is 11.8 Å². The Morgan fingerprint density at radius 2 is 2.09 bits per heavy atom. The minimum absolute atomic E-state index is 0.0381. The lowest BCUT2D eigenvalue weighted by atomic mass is 10.1. The zero-order chi connectivity index (χ0) is 22.5. The summed E-state index contributed by atoms with van der Waals surface area (Å²) >= 11 is 3.77. The number of fused-ring (bicyclic) bond motifs is 2. The van der Waals surface area contributed by atoms with E-state index in [-0.39, 0.29) is 17.6 Å². The quantitative estimate of drug-likeness (QED) is 0.343. The van der Waals surface area contributed by atoms with Crippen molar-refractivity contribution in [2.24, 2.45) is 0 Å². The Morgan fingerprint density at radius 3 is 2.88 bits per heavy atom. The molecule has 2 aromatic heterocycles. The topological polar surface area (TPSA) is 136 Å². The second kappa shape index (κ2) is 8.70. The van der Waals surface area contributed by atoms with E-state index in [1.165, 1.54) is 23.7 Å². The zero-order valence-electron chi connectivity index (χ0n) is 17.2. The molecular formula is C20H23IN6O3S2. The summed E-state index contributed by atoms with van der Waals surface area (Å²) in [6.07, 6.45) is 4.83. The van der Waals surface area contributed by atoms with Gasteiger partial charge in [0.15, 0.2) is 22.1 Å². The van der Waals surface area contributed by atoms with E-state index in [1.807, 2.05) is 10.6 Å². The number of imidazole rings is 1. The molecule has 0 bridgehead atoms. The molecule has 0 aliphatic heterocycles. The van der Waals surface area contributed by atoms with Crippen molar-refractivity contribution in [3.63, 3.8) is 0 Å². The molecule has 1 saturated carbocycles. The number of nitrogens with two attached hydrogens (primary N) is 1. The van der Waals surface area contributed by atoms with E-state index in [9.17, 15) is 13.5 Å². The van der Waals surface area contributed by atoms with Crippen molar-refractivity contribution in [1.29, 1.82) is 0 Å². The van der Waals surface area contributed by atoms with Crippen LogP contribution in [0.15, 0.2) is 28.5 Å². The van der Waals surface area contributed by atoms with Crippen molar-refractivity contribution in [2.75, 3.05) is 11.5 Å². The Balaban J connectivity index is 1.44. The summed E-state index contributed by atoms with van der Waals surface area (Å²) in [5.41, 5.74) is 9.28. The van der Waals surface area contributed by atoms with E-state index >= 15 is 0 Å². The molecule has 2 aliphatic rings. The fourth-order valence-corrected chi connectivity index (χ4v) is 7.10. The molecule has 12 heteroatoms. The number of aliphatic hydroxyl groups is 1. The first kappa shape index (κ1) is 22.3. The molecule has 2 aliphatic carbocycles. The van der Waals surface area contributed by atoms with E-state index < -0.39 is 16.1 Å². The third-order valence-corrected chi connectivity index (χ3v) is 9.51. The van der Waals surface area contributed by atoms with Crippen molar-refractivity contribution in [1.82, 2.24) is 24.2 Å². The van der Waals surface area contributed by atoms with Gasteiger partial charge in [0, 0.05) is 21.1 Å². The SMILES string of the molecule is Nc1ncnc2c1nc(Sc1cc3c(cc1I)CCC3O)n2CCCS(=O)(=O)NC1CC1. The molecular weight excluding hydrogens is 563 g/mol. The minimum Gasteiger partial charge on any atom is -0.388 e. The monoisotopic (exact) mass is 586 g/mol. The predicted octanol–water partition coefficient (Wildman–Crippen LogP) is 2.62. The molecule has 2 heterocycles. The van der Waals surface area contributed by atoms with Gasteiger partial charge in [-0.05, 0) is 78.0 Å². The van der Waals surface area contributed by atoms with Crippen LogP contribution in [-0.2, 0) is 23.0 Å². The molecule has 3 aromatic rings. The van der Waals surface area contributed by atoms with Crippen LogP contribution in [0.4, 0.5) is 5.82 Å². The standard InChI is InChI=1S/C20H23IN6O3S2/c21-14-8-11-2-5-15(28)13(11)9-16(14)31-20-25-17-18(22)23-10-24-19(17)27(20)6-1-7-32(29,30)26-12-3-4-12/h8-10,12,15,26,28H,1-7H2,(H2,22,23,24). The normalized spacial score (nSPS) is 18.4. The molecule has 9 nitrogen and oxygen atoms in total. The Morgan fingerprint density at radius 1 is 1.28 bits per heavy atom. The number of halogens is 1. The number of nitrogen functional groups attached to an aromatic ring is 1. The number of aliphatic hydroxyl groups excluding tert-OH is 1. The van der Waals surface area contributed by atoms with E-state index in [0.29, 0.717) is 29.3 Å². The summed E-state index contributed by atoms with van der Waals surface area (Å²) in [7, 11) is -3.30. The summed E-state index contributed by atoms with van der Waals surface area (Å²) in [6, 6.07) is 4.25. The maximum absolute atomic E-state index is 12.3. The number of aryl methyl sites for hydroxylation is 2. The molecule has 4 N–H and O–H groups in total. The van der Waals surface area contributed by atoms with Gasteiger partial charge in [0.25, 0.3) is 0 Å². The number of hydrogen-bond acceptors (Lipinski definition) is 8. The highest BCUT2D eigenvalue weighted by atomic mass is 127. The minimum atomic E-state index is -3.30. The molecule has 1 atom stereocenters.